The maximum Gasteiger partial charge on any atom is 0.246 e. The lowest BCUT2D eigenvalue weighted by molar-refractivity contribution is -0.117. The van der Waals surface area contributed by atoms with Gasteiger partial charge in [0.05, 0.1) is 0 Å². The largest absolute Gasteiger partial charge is 0.352 e. The molecule has 3 heteroatoms. The number of hydrogen-bond acceptors (Lipinski definition) is 2. The second-order valence-corrected chi connectivity index (χ2v) is 6.40. The summed E-state index contributed by atoms with van der Waals surface area (Å²) in [7, 11) is 0. The second-order valence-electron chi connectivity index (χ2n) is 6.40. The Labute approximate surface area is 142 Å². The van der Waals surface area contributed by atoms with E-state index in [0.29, 0.717) is 12.1 Å². The van der Waals surface area contributed by atoms with Crippen molar-refractivity contribution < 1.29 is 9.59 Å². The number of rotatable bonds is 6. The first-order valence-corrected chi connectivity index (χ1v) is 8.19. The Balaban J connectivity index is 1.59. The first kappa shape index (κ1) is 16.2. The molecule has 1 amide bonds. The molecule has 3 rings (SSSR count). The van der Waals surface area contributed by atoms with Crippen LogP contribution in [0.15, 0.2) is 66.7 Å². The number of benzene rings is 2. The van der Waals surface area contributed by atoms with E-state index < -0.39 is 0 Å². The number of nitrogens with one attached hydrogen (secondary N) is 1. The molecular formula is C21H21NO2. The van der Waals surface area contributed by atoms with E-state index in [4.69, 9.17) is 0 Å². The third kappa shape index (κ3) is 3.62. The summed E-state index contributed by atoms with van der Waals surface area (Å²) in [5.41, 5.74) is 3.49. The van der Waals surface area contributed by atoms with Crippen molar-refractivity contribution in [2.75, 3.05) is 6.54 Å². The van der Waals surface area contributed by atoms with Gasteiger partial charge in [-0.1, -0.05) is 61.2 Å². The van der Waals surface area contributed by atoms with Crippen LogP contribution in [-0.4, -0.2) is 18.2 Å². The lowest BCUT2D eigenvalue weighted by Gasteiger charge is -2.05. The molecule has 1 aliphatic rings. The van der Waals surface area contributed by atoms with Gasteiger partial charge in [-0.15, -0.1) is 0 Å². The molecule has 1 saturated carbocycles. The predicted molar refractivity (Wildman–Crippen MR) is 95.6 cm³/mol. The number of carbonyl (C=O) groups is 2. The molecule has 0 heterocycles. The van der Waals surface area contributed by atoms with Gasteiger partial charge >= 0.3 is 0 Å². The van der Waals surface area contributed by atoms with Crippen molar-refractivity contribution in [2.45, 2.75) is 13.3 Å². The number of ketones is 1. The molecule has 0 spiro atoms. The van der Waals surface area contributed by atoms with Crippen LogP contribution in [-0.2, 0) is 4.79 Å². The maximum atomic E-state index is 12.5. The number of carbonyl (C=O) groups excluding carboxylic acids is 2. The average Bonchev–Trinajstić information content (AvgIpc) is 3.39. The van der Waals surface area contributed by atoms with Crippen LogP contribution in [0.4, 0.5) is 0 Å². The van der Waals surface area contributed by atoms with Gasteiger partial charge in [-0.2, -0.15) is 0 Å². The van der Waals surface area contributed by atoms with Gasteiger partial charge in [0, 0.05) is 23.6 Å². The van der Waals surface area contributed by atoms with Crippen LogP contribution in [0.1, 0.15) is 23.7 Å². The van der Waals surface area contributed by atoms with Crippen LogP contribution in [0, 0.1) is 11.8 Å². The Bertz CT molecular complexity index is 762. The average molecular weight is 319 g/mol. The van der Waals surface area contributed by atoms with Gasteiger partial charge in [0.2, 0.25) is 5.91 Å². The summed E-state index contributed by atoms with van der Waals surface area (Å²) >= 11 is 0. The Hall–Kier alpha value is -2.68. The van der Waals surface area contributed by atoms with Crippen molar-refractivity contribution in [3.05, 3.63) is 72.3 Å². The molecule has 0 bridgehead atoms. The van der Waals surface area contributed by atoms with Gasteiger partial charge in [0.1, 0.15) is 0 Å². The third-order valence-corrected chi connectivity index (χ3v) is 4.45. The van der Waals surface area contributed by atoms with Crippen LogP contribution in [0.5, 0.6) is 0 Å². The lowest BCUT2D eigenvalue weighted by atomic mass is 10.0. The van der Waals surface area contributed by atoms with E-state index in [2.05, 4.69) is 24.0 Å². The Kier molecular flexibility index (Phi) is 4.61. The fourth-order valence-corrected chi connectivity index (χ4v) is 2.84. The molecule has 122 valence electrons. The molecule has 0 aromatic heterocycles. The molecule has 2 atom stereocenters. The number of hydrogen-bond donors (Lipinski definition) is 1. The Morgan fingerprint density at radius 1 is 1.04 bits per heavy atom. The quantitative estimate of drug-likeness (QED) is 0.649. The normalized spacial score (nSPS) is 18.7. The van der Waals surface area contributed by atoms with Gasteiger partial charge in [-0.25, -0.2) is 0 Å². The van der Waals surface area contributed by atoms with Gasteiger partial charge in [0.25, 0.3) is 0 Å². The molecule has 1 aliphatic carbocycles. The molecule has 24 heavy (non-hydrogen) atoms. The number of amides is 1. The summed E-state index contributed by atoms with van der Waals surface area (Å²) in [5, 5.41) is 2.82. The molecule has 3 nitrogen and oxygen atoms in total. The molecule has 0 radical (unpaired) electrons. The standard InChI is InChI=1S/C21H21NO2/c1-14(2)21(24)22-13-18-12-19(18)20(23)17-10-8-16(9-11-17)15-6-4-3-5-7-15/h3-11,18-19H,1,12-13H2,2H3,(H,22,24)/t18-,19-/m1/s1. The molecule has 2 aromatic carbocycles. The van der Waals surface area contributed by atoms with E-state index in [1.165, 1.54) is 0 Å². The van der Waals surface area contributed by atoms with Crippen LogP contribution < -0.4 is 5.32 Å². The minimum absolute atomic E-state index is 0.0259. The van der Waals surface area contributed by atoms with E-state index in [-0.39, 0.29) is 23.5 Å². The monoisotopic (exact) mass is 319 g/mol. The Morgan fingerprint density at radius 2 is 1.67 bits per heavy atom. The third-order valence-electron chi connectivity index (χ3n) is 4.45. The minimum atomic E-state index is -0.139. The molecule has 0 unspecified atom stereocenters. The van der Waals surface area contributed by atoms with Crippen LogP contribution in [0.25, 0.3) is 11.1 Å². The zero-order valence-corrected chi connectivity index (χ0v) is 13.8. The zero-order valence-electron chi connectivity index (χ0n) is 13.8. The zero-order chi connectivity index (χ0) is 17.1. The lowest BCUT2D eigenvalue weighted by Crippen LogP contribution is -2.26. The highest BCUT2D eigenvalue weighted by Gasteiger charge is 2.42. The molecule has 2 aromatic rings. The highest BCUT2D eigenvalue weighted by molar-refractivity contribution is 6.00. The molecule has 0 saturated heterocycles. The van der Waals surface area contributed by atoms with E-state index in [1.54, 1.807) is 6.92 Å². The van der Waals surface area contributed by atoms with Crippen molar-refractivity contribution in [3.8, 4) is 11.1 Å². The SMILES string of the molecule is C=C(C)C(=O)NC[C@H]1C[C@H]1C(=O)c1ccc(-c2ccccc2)cc1. The van der Waals surface area contributed by atoms with E-state index >= 15 is 0 Å². The second kappa shape index (κ2) is 6.83. The molecule has 1 N–H and O–H groups in total. The molecular weight excluding hydrogens is 298 g/mol. The van der Waals surface area contributed by atoms with Crippen molar-refractivity contribution >= 4 is 11.7 Å². The number of Topliss-reactive ketones (excluding diaryl/α,β-unsaturated/α-hetero) is 1. The summed E-state index contributed by atoms with van der Waals surface area (Å²) < 4.78 is 0. The summed E-state index contributed by atoms with van der Waals surface area (Å²) in [5.74, 6) is 0.303. The maximum absolute atomic E-state index is 12.5. The van der Waals surface area contributed by atoms with E-state index in [1.807, 2.05) is 42.5 Å². The topological polar surface area (TPSA) is 46.2 Å². The highest BCUT2D eigenvalue weighted by Crippen LogP contribution is 2.40. The van der Waals surface area contributed by atoms with Gasteiger partial charge < -0.3 is 5.32 Å². The molecule has 1 fully saturated rings. The van der Waals surface area contributed by atoms with Gasteiger partial charge in [-0.3, -0.25) is 9.59 Å². The fraction of sp³-hybridized carbons (Fsp3) is 0.238. The van der Waals surface area contributed by atoms with Gasteiger partial charge in [0.15, 0.2) is 5.78 Å². The predicted octanol–water partition coefficient (Wildman–Crippen LogP) is 3.86. The van der Waals surface area contributed by atoms with Crippen molar-refractivity contribution in [3.63, 3.8) is 0 Å². The first-order chi connectivity index (χ1) is 11.6. The summed E-state index contributed by atoms with van der Waals surface area (Å²) in [6.07, 6.45) is 0.843. The highest BCUT2D eigenvalue weighted by atomic mass is 16.1. The van der Waals surface area contributed by atoms with Crippen molar-refractivity contribution in [1.82, 2.24) is 5.32 Å². The minimum Gasteiger partial charge on any atom is -0.352 e. The summed E-state index contributed by atoms with van der Waals surface area (Å²) in [4.78, 5) is 24.0. The smallest absolute Gasteiger partial charge is 0.246 e. The van der Waals surface area contributed by atoms with Crippen LogP contribution in [0.3, 0.4) is 0 Å². The first-order valence-electron chi connectivity index (χ1n) is 8.19. The molecule has 0 aliphatic heterocycles. The van der Waals surface area contributed by atoms with E-state index in [0.717, 1.165) is 23.1 Å². The van der Waals surface area contributed by atoms with Crippen molar-refractivity contribution in [1.29, 1.82) is 0 Å². The summed E-state index contributed by atoms with van der Waals surface area (Å²) in [6.45, 7) is 5.83. The van der Waals surface area contributed by atoms with Crippen molar-refractivity contribution in [2.24, 2.45) is 11.8 Å². The fourth-order valence-electron chi connectivity index (χ4n) is 2.84. The van der Waals surface area contributed by atoms with Gasteiger partial charge in [-0.05, 0) is 30.4 Å². The van der Waals surface area contributed by atoms with E-state index in [9.17, 15) is 9.59 Å². The summed E-state index contributed by atoms with van der Waals surface area (Å²) in [6, 6.07) is 17.9. The van der Waals surface area contributed by atoms with Crippen LogP contribution >= 0.6 is 0 Å². The Morgan fingerprint density at radius 3 is 2.29 bits per heavy atom. The van der Waals surface area contributed by atoms with Crippen LogP contribution in [0.2, 0.25) is 0 Å².